The van der Waals surface area contributed by atoms with E-state index in [0.717, 1.165) is 22.9 Å². The van der Waals surface area contributed by atoms with Crippen LogP contribution < -0.4 is 0 Å². The monoisotopic (exact) mass is 407 g/mol. The van der Waals surface area contributed by atoms with Gasteiger partial charge in [0.15, 0.2) is 0 Å². The third-order valence-electron chi connectivity index (χ3n) is 5.19. The molecule has 0 N–H and O–H groups in total. The molecule has 0 saturated heterocycles. The molecule has 1 aromatic carbocycles. The van der Waals surface area contributed by atoms with Gasteiger partial charge in [0.25, 0.3) is 5.91 Å². The van der Waals surface area contributed by atoms with Crippen LogP contribution in [-0.2, 0) is 11.3 Å². The van der Waals surface area contributed by atoms with Gasteiger partial charge in [-0.2, -0.15) is 5.10 Å². The number of furan rings is 1. The maximum atomic E-state index is 13.1. The molecular weight excluding hydrogens is 382 g/mol. The maximum absolute atomic E-state index is 13.1. The van der Waals surface area contributed by atoms with Gasteiger partial charge in [0.05, 0.1) is 23.4 Å². The van der Waals surface area contributed by atoms with Crippen LogP contribution in [0.15, 0.2) is 63.6 Å². The number of benzene rings is 1. The van der Waals surface area contributed by atoms with Crippen molar-refractivity contribution in [1.29, 1.82) is 0 Å². The highest BCUT2D eigenvalue weighted by molar-refractivity contribution is 7.12. The molecule has 1 aliphatic heterocycles. The molecule has 6 heteroatoms. The van der Waals surface area contributed by atoms with E-state index in [1.807, 2.05) is 41.6 Å². The van der Waals surface area contributed by atoms with Crippen LogP contribution in [0.5, 0.6) is 0 Å². The number of amides is 1. The van der Waals surface area contributed by atoms with Gasteiger partial charge in [-0.05, 0) is 55.6 Å². The summed E-state index contributed by atoms with van der Waals surface area (Å²) < 4.78 is 5.61. The van der Waals surface area contributed by atoms with Gasteiger partial charge in [-0.15, -0.1) is 11.3 Å². The molecular formula is C23H25N3O2S. The van der Waals surface area contributed by atoms with Gasteiger partial charge in [-0.1, -0.05) is 29.8 Å². The van der Waals surface area contributed by atoms with Crippen molar-refractivity contribution in [3.8, 4) is 0 Å². The summed E-state index contributed by atoms with van der Waals surface area (Å²) in [6.07, 6.45) is 2.31. The molecule has 1 unspecified atom stereocenters. The number of carbonyl (C=O) groups is 1. The molecule has 1 aliphatic rings. The third kappa shape index (κ3) is 4.33. The fraction of sp³-hybridized carbons (Fsp3) is 0.304. The normalized spacial score (nSPS) is 16.5. The standard InChI is InChI=1S/C23H25N3O2S/c1-16-8-9-18(17(2)12-16)14-25(3)15-23(27)26-20(21-6-4-10-28-21)13-19(24-26)22-7-5-11-29-22/h4-12,20H,13-15H2,1-3H3. The number of likely N-dealkylation sites (N-methyl/N-ethyl adjacent to an activating group) is 1. The first kappa shape index (κ1) is 19.6. The predicted octanol–water partition coefficient (Wildman–Crippen LogP) is 4.77. The summed E-state index contributed by atoms with van der Waals surface area (Å²) in [5.74, 6) is 0.746. The highest BCUT2D eigenvalue weighted by Crippen LogP contribution is 2.34. The number of carbonyl (C=O) groups excluding carboxylic acids is 1. The smallest absolute Gasteiger partial charge is 0.257 e. The molecule has 5 nitrogen and oxygen atoms in total. The summed E-state index contributed by atoms with van der Waals surface area (Å²) in [6.45, 7) is 5.22. The van der Waals surface area contributed by atoms with Crippen LogP contribution in [0, 0.1) is 13.8 Å². The van der Waals surface area contributed by atoms with E-state index in [4.69, 9.17) is 4.42 Å². The van der Waals surface area contributed by atoms with Crippen molar-refractivity contribution in [3.63, 3.8) is 0 Å². The molecule has 3 heterocycles. The Bertz CT molecular complexity index is 1010. The maximum Gasteiger partial charge on any atom is 0.257 e. The number of aryl methyl sites for hydroxylation is 2. The minimum Gasteiger partial charge on any atom is -0.467 e. The summed E-state index contributed by atoms with van der Waals surface area (Å²) in [4.78, 5) is 16.3. The average molecular weight is 408 g/mol. The molecule has 0 fully saturated rings. The number of thiophene rings is 1. The lowest BCUT2D eigenvalue weighted by Gasteiger charge is -2.23. The average Bonchev–Trinajstić information content (AvgIpc) is 3.44. The first-order chi connectivity index (χ1) is 14.0. The molecule has 29 heavy (non-hydrogen) atoms. The zero-order valence-corrected chi connectivity index (χ0v) is 17.8. The summed E-state index contributed by atoms with van der Waals surface area (Å²) >= 11 is 1.64. The van der Waals surface area contributed by atoms with E-state index in [2.05, 4.69) is 37.1 Å². The van der Waals surface area contributed by atoms with E-state index in [1.54, 1.807) is 22.6 Å². The van der Waals surface area contributed by atoms with Crippen molar-refractivity contribution >= 4 is 23.0 Å². The van der Waals surface area contributed by atoms with Crippen LogP contribution >= 0.6 is 11.3 Å². The Hall–Kier alpha value is -2.70. The van der Waals surface area contributed by atoms with Crippen LogP contribution in [0.2, 0.25) is 0 Å². The molecule has 4 rings (SSSR count). The Kier molecular flexibility index (Phi) is 5.65. The fourth-order valence-electron chi connectivity index (χ4n) is 3.71. The van der Waals surface area contributed by atoms with Crippen molar-refractivity contribution < 1.29 is 9.21 Å². The van der Waals surface area contributed by atoms with Crippen LogP contribution in [0.25, 0.3) is 0 Å². The summed E-state index contributed by atoms with van der Waals surface area (Å²) in [7, 11) is 1.97. The molecule has 150 valence electrons. The largest absolute Gasteiger partial charge is 0.467 e. The van der Waals surface area contributed by atoms with Gasteiger partial charge in [0, 0.05) is 13.0 Å². The zero-order chi connectivity index (χ0) is 20.4. The van der Waals surface area contributed by atoms with Gasteiger partial charge in [0.2, 0.25) is 0 Å². The summed E-state index contributed by atoms with van der Waals surface area (Å²) in [6, 6.07) is 14.1. The Labute approximate surface area is 175 Å². The van der Waals surface area contributed by atoms with Crippen molar-refractivity contribution in [2.45, 2.75) is 32.9 Å². The molecule has 1 amide bonds. The number of hydrogen-bond acceptors (Lipinski definition) is 5. The van der Waals surface area contributed by atoms with Crippen molar-refractivity contribution in [3.05, 3.63) is 81.4 Å². The quantitative estimate of drug-likeness (QED) is 0.591. The van der Waals surface area contributed by atoms with Crippen LogP contribution in [0.4, 0.5) is 0 Å². The molecule has 0 saturated carbocycles. The lowest BCUT2D eigenvalue weighted by atomic mass is 10.1. The van der Waals surface area contributed by atoms with Gasteiger partial charge in [-0.3, -0.25) is 9.69 Å². The Balaban J connectivity index is 1.50. The van der Waals surface area contributed by atoms with E-state index in [9.17, 15) is 4.79 Å². The number of hydrogen-bond donors (Lipinski definition) is 0. The summed E-state index contributed by atoms with van der Waals surface area (Å²) in [5.41, 5.74) is 4.67. The van der Waals surface area contributed by atoms with Crippen molar-refractivity contribution in [2.24, 2.45) is 5.10 Å². The highest BCUT2D eigenvalue weighted by Gasteiger charge is 2.35. The molecule has 2 aromatic heterocycles. The number of hydrazone groups is 1. The summed E-state index contributed by atoms with van der Waals surface area (Å²) in [5, 5.41) is 8.31. The third-order valence-corrected chi connectivity index (χ3v) is 6.11. The minimum absolute atomic E-state index is 0.0229. The molecule has 0 bridgehead atoms. The first-order valence-corrected chi connectivity index (χ1v) is 10.6. The number of nitrogens with zero attached hydrogens (tertiary/aromatic N) is 3. The Morgan fingerprint density at radius 2 is 2.14 bits per heavy atom. The number of rotatable bonds is 6. The minimum atomic E-state index is -0.191. The topological polar surface area (TPSA) is 49.1 Å². The fourth-order valence-corrected chi connectivity index (χ4v) is 4.43. The van der Waals surface area contributed by atoms with Gasteiger partial charge in [-0.25, -0.2) is 5.01 Å². The van der Waals surface area contributed by atoms with E-state index in [0.29, 0.717) is 13.0 Å². The second-order valence-electron chi connectivity index (χ2n) is 7.60. The van der Waals surface area contributed by atoms with E-state index in [1.165, 1.54) is 16.7 Å². The Morgan fingerprint density at radius 3 is 2.83 bits per heavy atom. The first-order valence-electron chi connectivity index (χ1n) is 9.73. The van der Waals surface area contributed by atoms with Gasteiger partial charge < -0.3 is 4.42 Å². The molecule has 0 radical (unpaired) electrons. The van der Waals surface area contributed by atoms with Crippen LogP contribution in [0.3, 0.4) is 0 Å². The SMILES string of the molecule is Cc1ccc(CN(C)CC(=O)N2N=C(c3cccs3)CC2c2ccco2)c(C)c1. The zero-order valence-electron chi connectivity index (χ0n) is 17.0. The second kappa shape index (κ2) is 8.35. The van der Waals surface area contributed by atoms with Crippen molar-refractivity contribution in [2.75, 3.05) is 13.6 Å². The van der Waals surface area contributed by atoms with Crippen LogP contribution in [0.1, 0.15) is 39.8 Å². The second-order valence-corrected chi connectivity index (χ2v) is 8.55. The molecule has 0 spiro atoms. The molecule has 1 atom stereocenters. The van der Waals surface area contributed by atoms with E-state index >= 15 is 0 Å². The van der Waals surface area contributed by atoms with E-state index < -0.39 is 0 Å². The van der Waals surface area contributed by atoms with Gasteiger partial charge in [0.1, 0.15) is 11.8 Å². The highest BCUT2D eigenvalue weighted by atomic mass is 32.1. The predicted molar refractivity (Wildman–Crippen MR) is 116 cm³/mol. The van der Waals surface area contributed by atoms with Crippen molar-refractivity contribution in [1.82, 2.24) is 9.91 Å². The van der Waals surface area contributed by atoms with Crippen LogP contribution in [-0.4, -0.2) is 35.1 Å². The Morgan fingerprint density at radius 1 is 1.28 bits per heavy atom. The van der Waals surface area contributed by atoms with E-state index in [-0.39, 0.29) is 11.9 Å². The molecule has 3 aromatic rings. The molecule has 0 aliphatic carbocycles. The lowest BCUT2D eigenvalue weighted by molar-refractivity contribution is -0.134. The lowest BCUT2D eigenvalue weighted by Crippen LogP contribution is -2.36. The van der Waals surface area contributed by atoms with Gasteiger partial charge >= 0.3 is 0 Å².